The van der Waals surface area contributed by atoms with E-state index in [1.165, 1.54) is 0 Å². The van der Waals surface area contributed by atoms with Crippen molar-refractivity contribution in [2.45, 2.75) is 25.3 Å². The van der Waals surface area contributed by atoms with E-state index in [4.69, 9.17) is 4.74 Å². The summed E-state index contributed by atoms with van der Waals surface area (Å²) in [6, 6.07) is 2.05. The second-order valence-corrected chi connectivity index (χ2v) is 7.47. The number of aromatic nitrogens is 2. The Hall–Kier alpha value is -2.52. The van der Waals surface area contributed by atoms with Gasteiger partial charge in [0.05, 0.1) is 24.5 Å². The molecule has 0 saturated carbocycles. The number of carbonyl (C=O) groups excluding carboxylic acids is 1. The molecule has 2 aromatic rings. The first-order chi connectivity index (χ1) is 14.1. The van der Waals surface area contributed by atoms with Gasteiger partial charge in [-0.2, -0.15) is 0 Å². The van der Waals surface area contributed by atoms with Gasteiger partial charge >= 0.3 is 0 Å². The third-order valence-electron chi connectivity index (χ3n) is 5.52. The summed E-state index contributed by atoms with van der Waals surface area (Å²) in [4.78, 5) is 24.3. The molecule has 0 saturated heterocycles. The summed E-state index contributed by atoms with van der Waals surface area (Å²) in [7, 11) is 1.57. The predicted octanol–water partition coefficient (Wildman–Crippen LogP) is 2.58. The van der Waals surface area contributed by atoms with E-state index in [0.29, 0.717) is 18.8 Å². The number of anilines is 1. The van der Waals surface area contributed by atoms with E-state index in [1.807, 2.05) is 12.3 Å². The van der Waals surface area contributed by atoms with Gasteiger partial charge in [-0.25, -0.2) is 13.8 Å². The molecular weight excluding hydrogens is 380 g/mol. The first kappa shape index (κ1) is 19.8. The van der Waals surface area contributed by atoms with E-state index in [-0.39, 0.29) is 31.1 Å². The fourth-order valence-corrected chi connectivity index (χ4v) is 4.15. The molecule has 1 amide bonds. The summed E-state index contributed by atoms with van der Waals surface area (Å²) in [5, 5.41) is 3.74. The Morgan fingerprint density at radius 1 is 1.38 bits per heavy atom. The average Bonchev–Trinajstić information content (AvgIpc) is 3.19. The smallest absolute Gasteiger partial charge is 0.260 e. The predicted molar refractivity (Wildman–Crippen MR) is 106 cm³/mol. The first-order valence-corrected chi connectivity index (χ1v) is 9.76. The van der Waals surface area contributed by atoms with Gasteiger partial charge in [-0.05, 0) is 24.8 Å². The van der Waals surface area contributed by atoms with Crippen LogP contribution in [0.2, 0.25) is 0 Å². The molecular formula is C20H25F2N5O2. The van der Waals surface area contributed by atoms with Crippen LogP contribution in [0.15, 0.2) is 30.6 Å². The van der Waals surface area contributed by atoms with Crippen molar-refractivity contribution in [1.82, 2.24) is 20.2 Å². The number of nitrogens with one attached hydrogen (secondary N) is 2. The number of rotatable bonds is 7. The van der Waals surface area contributed by atoms with E-state index in [2.05, 4.69) is 32.3 Å². The van der Waals surface area contributed by atoms with E-state index >= 15 is 0 Å². The minimum atomic E-state index is -2.33. The van der Waals surface area contributed by atoms with Crippen molar-refractivity contribution < 1.29 is 18.3 Å². The van der Waals surface area contributed by atoms with E-state index in [9.17, 15) is 13.6 Å². The zero-order valence-corrected chi connectivity index (χ0v) is 16.3. The molecule has 7 nitrogen and oxygen atoms in total. The van der Waals surface area contributed by atoms with Crippen molar-refractivity contribution in [3.8, 4) is 0 Å². The summed E-state index contributed by atoms with van der Waals surface area (Å²) in [5.74, 6) is 0.137. The number of methoxy groups -OCH3 is 1. The molecule has 9 heteroatoms. The number of ether oxygens (including phenoxy) is 1. The molecule has 3 heterocycles. The summed E-state index contributed by atoms with van der Waals surface area (Å²) >= 11 is 0. The van der Waals surface area contributed by atoms with Gasteiger partial charge in [0.1, 0.15) is 12.4 Å². The van der Waals surface area contributed by atoms with Crippen LogP contribution in [0.25, 0.3) is 11.0 Å². The molecule has 0 aromatic carbocycles. The van der Waals surface area contributed by atoms with Crippen LogP contribution < -0.4 is 10.2 Å². The van der Waals surface area contributed by atoms with E-state index in [1.54, 1.807) is 18.2 Å². The third-order valence-corrected chi connectivity index (χ3v) is 5.52. The molecule has 156 valence electrons. The number of alkyl halides is 2. The van der Waals surface area contributed by atoms with Gasteiger partial charge in [0.15, 0.2) is 0 Å². The van der Waals surface area contributed by atoms with Gasteiger partial charge in [0, 0.05) is 37.5 Å². The normalized spacial score (nSPS) is 22.0. The van der Waals surface area contributed by atoms with Gasteiger partial charge in [-0.15, -0.1) is 0 Å². The van der Waals surface area contributed by atoms with E-state index < -0.39 is 6.43 Å². The molecule has 2 atom stereocenters. The lowest BCUT2D eigenvalue weighted by molar-refractivity contribution is 0.0392. The maximum absolute atomic E-state index is 12.9. The molecule has 0 radical (unpaired) electrons. The number of H-pyrrole nitrogens is 1. The molecule has 2 N–H and O–H groups in total. The number of hydrogen-bond donors (Lipinski definition) is 2. The SMILES string of the molecule is COCN1CN([C@@H]2C=C[C@@H](CNCC(F)F)CC2)c2c(cnc3[nH]ccc23)C1=O. The highest BCUT2D eigenvalue weighted by molar-refractivity contribution is 6.08. The Bertz CT molecular complexity index is 900. The fourth-order valence-electron chi connectivity index (χ4n) is 4.15. The largest absolute Gasteiger partial charge is 0.364 e. The average molecular weight is 405 g/mol. The van der Waals surface area contributed by atoms with Crippen LogP contribution in [0.5, 0.6) is 0 Å². The number of hydrogen-bond acceptors (Lipinski definition) is 5. The highest BCUT2D eigenvalue weighted by Crippen LogP contribution is 2.37. The maximum atomic E-state index is 12.9. The van der Waals surface area contributed by atoms with Crippen LogP contribution >= 0.6 is 0 Å². The molecule has 29 heavy (non-hydrogen) atoms. The number of amides is 1. The highest BCUT2D eigenvalue weighted by atomic mass is 19.3. The second kappa shape index (κ2) is 8.46. The van der Waals surface area contributed by atoms with Crippen LogP contribution in [0.3, 0.4) is 0 Å². The van der Waals surface area contributed by atoms with Crippen LogP contribution in [-0.4, -0.2) is 66.8 Å². The monoisotopic (exact) mass is 405 g/mol. The molecule has 0 spiro atoms. The van der Waals surface area contributed by atoms with Gasteiger partial charge < -0.3 is 19.9 Å². The number of halogens is 2. The van der Waals surface area contributed by atoms with Crippen molar-refractivity contribution in [3.63, 3.8) is 0 Å². The zero-order valence-electron chi connectivity index (χ0n) is 16.3. The Morgan fingerprint density at radius 3 is 2.97 bits per heavy atom. The second-order valence-electron chi connectivity index (χ2n) is 7.47. The molecule has 0 fully saturated rings. The third kappa shape index (κ3) is 3.97. The molecule has 1 aliphatic heterocycles. The van der Waals surface area contributed by atoms with Gasteiger partial charge in [0.25, 0.3) is 12.3 Å². The summed E-state index contributed by atoms with van der Waals surface area (Å²) in [6.45, 7) is 0.897. The van der Waals surface area contributed by atoms with Gasteiger partial charge in [-0.3, -0.25) is 9.69 Å². The van der Waals surface area contributed by atoms with Crippen molar-refractivity contribution in [2.75, 3.05) is 38.5 Å². The minimum Gasteiger partial charge on any atom is -0.364 e. The highest BCUT2D eigenvalue weighted by Gasteiger charge is 2.35. The number of nitrogens with zero attached hydrogens (tertiary/aromatic N) is 3. The van der Waals surface area contributed by atoms with Crippen molar-refractivity contribution in [1.29, 1.82) is 0 Å². The lowest BCUT2D eigenvalue weighted by Gasteiger charge is -2.42. The number of pyridine rings is 1. The maximum Gasteiger partial charge on any atom is 0.260 e. The Morgan fingerprint density at radius 2 is 2.24 bits per heavy atom. The lowest BCUT2D eigenvalue weighted by Crippen LogP contribution is -2.51. The van der Waals surface area contributed by atoms with Crippen LogP contribution in [0, 0.1) is 5.92 Å². The standard InChI is InChI=1S/C20H25F2N5O2/c1-29-12-26-11-27(14-4-2-13(3-5-14)8-23-10-17(21)22)18-15-6-7-24-19(15)25-9-16(18)20(26)28/h2,4,6-7,9,13-14,17,23H,3,5,8,10-12H2,1H3,(H,24,25)/t13-,14-/m1/s1. The molecule has 0 unspecified atom stereocenters. The van der Waals surface area contributed by atoms with Crippen LogP contribution in [-0.2, 0) is 4.74 Å². The van der Waals surface area contributed by atoms with Crippen molar-refractivity contribution >= 4 is 22.6 Å². The summed E-state index contributed by atoms with van der Waals surface area (Å²) in [5.41, 5.74) is 2.20. The number of carbonyl (C=O) groups is 1. The number of fused-ring (bicyclic) bond motifs is 3. The minimum absolute atomic E-state index is 0.0948. The summed E-state index contributed by atoms with van der Waals surface area (Å²) < 4.78 is 29.9. The zero-order chi connectivity index (χ0) is 20.4. The molecule has 2 aliphatic rings. The molecule has 0 bridgehead atoms. The van der Waals surface area contributed by atoms with Crippen molar-refractivity contribution in [2.24, 2.45) is 5.92 Å². The molecule has 4 rings (SSSR count). The Kier molecular flexibility index (Phi) is 5.77. The molecule has 2 aromatic heterocycles. The fraction of sp³-hybridized carbons (Fsp3) is 0.500. The topological polar surface area (TPSA) is 73.5 Å². The summed E-state index contributed by atoms with van der Waals surface area (Å²) in [6.07, 6.45) is 7.10. The Labute approximate surface area is 167 Å². The first-order valence-electron chi connectivity index (χ1n) is 9.76. The van der Waals surface area contributed by atoms with E-state index in [0.717, 1.165) is 29.6 Å². The van der Waals surface area contributed by atoms with Crippen molar-refractivity contribution in [3.05, 3.63) is 36.2 Å². The quantitative estimate of drug-likeness (QED) is 0.693. The van der Waals surface area contributed by atoms with Crippen LogP contribution in [0.4, 0.5) is 14.5 Å². The van der Waals surface area contributed by atoms with Gasteiger partial charge in [-0.1, -0.05) is 12.2 Å². The molecule has 1 aliphatic carbocycles. The Balaban J connectivity index is 1.59. The number of aromatic amines is 1. The van der Waals surface area contributed by atoms with Crippen LogP contribution in [0.1, 0.15) is 23.2 Å². The lowest BCUT2D eigenvalue weighted by atomic mass is 9.91. The van der Waals surface area contributed by atoms with Gasteiger partial charge in [0.2, 0.25) is 0 Å².